The molecular formula is C20H28N4O. The van der Waals surface area contributed by atoms with Gasteiger partial charge in [-0.3, -0.25) is 9.48 Å². The molecule has 1 aromatic heterocycles. The molecule has 1 amide bonds. The highest BCUT2D eigenvalue weighted by Crippen LogP contribution is 2.41. The number of hydrogen-bond donors (Lipinski definition) is 1. The van der Waals surface area contributed by atoms with Crippen LogP contribution in [0, 0.1) is 0 Å². The molecule has 1 saturated carbocycles. The minimum Gasteiger partial charge on any atom is -0.350 e. The van der Waals surface area contributed by atoms with Gasteiger partial charge in [0.2, 0.25) is 0 Å². The van der Waals surface area contributed by atoms with E-state index in [-0.39, 0.29) is 11.9 Å². The lowest BCUT2D eigenvalue weighted by Gasteiger charge is -2.25. The number of aryl methyl sites for hydroxylation is 2. The van der Waals surface area contributed by atoms with Gasteiger partial charge in [-0.05, 0) is 44.5 Å². The molecule has 1 N–H and O–H groups in total. The number of benzene rings is 1. The molecular weight excluding hydrogens is 312 g/mol. The van der Waals surface area contributed by atoms with E-state index in [9.17, 15) is 4.79 Å². The van der Waals surface area contributed by atoms with Crippen molar-refractivity contribution in [1.82, 2.24) is 20.0 Å². The maximum atomic E-state index is 12.7. The fraction of sp³-hybridized carbons (Fsp3) is 0.500. The van der Waals surface area contributed by atoms with Crippen LogP contribution in [0.2, 0.25) is 0 Å². The first-order chi connectivity index (χ1) is 12.0. The normalized spacial score (nSPS) is 15.4. The molecule has 134 valence electrons. The first-order valence-electron chi connectivity index (χ1n) is 9.06. The average Bonchev–Trinajstić information content (AvgIpc) is 3.37. The van der Waals surface area contributed by atoms with Crippen LogP contribution in [0.3, 0.4) is 0 Å². The molecule has 2 aromatic rings. The van der Waals surface area contributed by atoms with E-state index < -0.39 is 0 Å². The number of rotatable bonds is 7. The quantitative estimate of drug-likeness (QED) is 0.843. The van der Waals surface area contributed by atoms with Crippen molar-refractivity contribution in [3.63, 3.8) is 0 Å². The summed E-state index contributed by atoms with van der Waals surface area (Å²) >= 11 is 0. The van der Waals surface area contributed by atoms with Crippen molar-refractivity contribution in [3.8, 4) is 0 Å². The minimum absolute atomic E-state index is 0.0213. The number of aromatic nitrogens is 2. The predicted molar refractivity (Wildman–Crippen MR) is 99.8 cm³/mol. The summed E-state index contributed by atoms with van der Waals surface area (Å²) in [4.78, 5) is 14.8. The molecule has 5 nitrogen and oxygen atoms in total. The van der Waals surface area contributed by atoms with E-state index in [0.29, 0.717) is 12.5 Å². The molecule has 1 aliphatic carbocycles. The highest BCUT2D eigenvalue weighted by Gasteiger charge is 2.31. The summed E-state index contributed by atoms with van der Waals surface area (Å²) < 4.78 is 1.85. The highest BCUT2D eigenvalue weighted by atomic mass is 16.1. The molecule has 1 aromatic carbocycles. The molecule has 1 atom stereocenters. The van der Waals surface area contributed by atoms with E-state index in [1.807, 2.05) is 25.8 Å². The summed E-state index contributed by atoms with van der Waals surface area (Å²) in [6.45, 7) is 2.74. The first kappa shape index (κ1) is 17.7. The van der Waals surface area contributed by atoms with Crippen LogP contribution in [0.15, 0.2) is 30.5 Å². The molecule has 0 spiro atoms. The van der Waals surface area contributed by atoms with Crippen LogP contribution in [0.5, 0.6) is 0 Å². The van der Waals surface area contributed by atoms with Gasteiger partial charge in [0.15, 0.2) is 0 Å². The summed E-state index contributed by atoms with van der Waals surface area (Å²) in [5.41, 5.74) is 4.35. The van der Waals surface area contributed by atoms with E-state index >= 15 is 0 Å². The summed E-state index contributed by atoms with van der Waals surface area (Å²) in [6.07, 6.45) is 5.05. The highest BCUT2D eigenvalue weighted by molar-refractivity contribution is 5.95. The van der Waals surface area contributed by atoms with Crippen molar-refractivity contribution in [1.29, 1.82) is 0 Å². The lowest BCUT2D eigenvalue weighted by atomic mass is 10.0. The Balaban J connectivity index is 1.70. The molecule has 3 rings (SSSR count). The maximum Gasteiger partial charge on any atom is 0.254 e. The van der Waals surface area contributed by atoms with Gasteiger partial charge in [-0.2, -0.15) is 5.10 Å². The lowest BCUT2D eigenvalue weighted by Crippen LogP contribution is -2.34. The summed E-state index contributed by atoms with van der Waals surface area (Å²) in [6, 6.07) is 8.81. The fourth-order valence-electron chi connectivity index (χ4n) is 3.32. The van der Waals surface area contributed by atoms with Gasteiger partial charge in [0.25, 0.3) is 5.91 Å². The second-order valence-electron chi connectivity index (χ2n) is 7.13. The third kappa shape index (κ3) is 3.93. The van der Waals surface area contributed by atoms with Crippen molar-refractivity contribution >= 4 is 5.91 Å². The van der Waals surface area contributed by atoms with Crippen LogP contribution in [0.4, 0.5) is 0 Å². The standard InChI is InChI=1S/C20H28N4O/c1-5-14-6-8-15(9-7-14)18(23(2)3)13-21-20(25)17-12-22-24(4)19(17)16-10-11-16/h6-9,12,16,18H,5,10-11,13H2,1-4H3,(H,21,25)/t18-/m1/s1. The largest absolute Gasteiger partial charge is 0.350 e. The number of likely N-dealkylation sites (N-methyl/N-ethyl adjacent to an activating group) is 1. The second-order valence-corrected chi connectivity index (χ2v) is 7.13. The molecule has 0 radical (unpaired) electrons. The summed E-state index contributed by atoms with van der Waals surface area (Å²) in [5.74, 6) is 0.478. The van der Waals surface area contributed by atoms with Gasteiger partial charge >= 0.3 is 0 Å². The minimum atomic E-state index is -0.0213. The van der Waals surface area contributed by atoms with Gasteiger partial charge in [0, 0.05) is 19.5 Å². The van der Waals surface area contributed by atoms with Crippen molar-refractivity contribution in [2.75, 3.05) is 20.6 Å². The molecule has 0 aliphatic heterocycles. The predicted octanol–water partition coefficient (Wildman–Crippen LogP) is 2.89. The van der Waals surface area contributed by atoms with Gasteiger partial charge in [0.1, 0.15) is 0 Å². The molecule has 1 heterocycles. The SMILES string of the molecule is CCc1ccc([C@@H](CNC(=O)c2cnn(C)c2C2CC2)N(C)C)cc1. The molecule has 0 bridgehead atoms. The molecule has 1 aliphatic rings. The zero-order chi connectivity index (χ0) is 18.0. The third-order valence-corrected chi connectivity index (χ3v) is 5.05. The first-order valence-corrected chi connectivity index (χ1v) is 9.06. The van der Waals surface area contributed by atoms with Crippen LogP contribution < -0.4 is 5.32 Å². The van der Waals surface area contributed by atoms with Crippen LogP contribution in [0.25, 0.3) is 0 Å². The number of amides is 1. The maximum absolute atomic E-state index is 12.7. The van der Waals surface area contributed by atoms with Gasteiger partial charge in [0.05, 0.1) is 23.5 Å². The zero-order valence-electron chi connectivity index (χ0n) is 15.6. The Morgan fingerprint density at radius 2 is 2.00 bits per heavy atom. The molecule has 0 unspecified atom stereocenters. The topological polar surface area (TPSA) is 50.2 Å². The number of carbonyl (C=O) groups excluding carboxylic acids is 1. The van der Waals surface area contributed by atoms with Gasteiger partial charge in [-0.15, -0.1) is 0 Å². The molecule has 1 fully saturated rings. The zero-order valence-corrected chi connectivity index (χ0v) is 15.6. The van der Waals surface area contributed by atoms with Crippen molar-refractivity contribution < 1.29 is 4.79 Å². The van der Waals surface area contributed by atoms with Crippen LogP contribution in [-0.2, 0) is 13.5 Å². The molecule has 0 saturated heterocycles. The Bertz CT molecular complexity index is 729. The third-order valence-electron chi connectivity index (χ3n) is 5.05. The van der Waals surface area contributed by atoms with Gasteiger partial charge in [-0.25, -0.2) is 0 Å². The Kier molecular flexibility index (Phi) is 5.23. The van der Waals surface area contributed by atoms with E-state index in [0.717, 1.165) is 30.5 Å². The number of hydrogen-bond acceptors (Lipinski definition) is 3. The lowest BCUT2D eigenvalue weighted by molar-refractivity contribution is 0.0940. The smallest absolute Gasteiger partial charge is 0.254 e. The van der Waals surface area contributed by atoms with Crippen LogP contribution in [-0.4, -0.2) is 41.2 Å². The Morgan fingerprint density at radius 1 is 1.32 bits per heavy atom. The number of carbonyl (C=O) groups is 1. The molecule has 5 heteroatoms. The van der Waals surface area contributed by atoms with E-state index in [1.165, 1.54) is 11.1 Å². The Hall–Kier alpha value is -2.14. The van der Waals surface area contributed by atoms with E-state index in [2.05, 4.69) is 46.5 Å². The summed E-state index contributed by atoms with van der Waals surface area (Å²) in [7, 11) is 6.01. The van der Waals surface area contributed by atoms with E-state index in [4.69, 9.17) is 0 Å². The van der Waals surface area contributed by atoms with Crippen molar-refractivity contribution in [2.24, 2.45) is 7.05 Å². The second kappa shape index (κ2) is 7.40. The Labute approximate surface area is 150 Å². The molecule has 25 heavy (non-hydrogen) atoms. The van der Waals surface area contributed by atoms with Crippen LogP contribution in [0.1, 0.15) is 58.9 Å². The van der Waals surface area contributed by atoms with Gasteiger partial charge in [-0.1, -0.05) is 31.2 Å². The van der Waals surface area contributed by atoms with Crippen molar-refractivity contribution in [3.05, 3.63) is 52.8 Å². The Morgan fingerprint density at radius 3 is 2.56 bits per heavy atom. The van der Waals surface area contributed by atoms with Gasteiger partial charge < -0.3 is 10.2 Å². The average molecular weight is 340 g/mol. The number of nitrogens with zero attached hydrogens (tertiary/aromatic N) is 3. The van der Waals surface area contributed by atoms with Crippen molar-refractivity contribution in [2.45, 2.75) is 38.1 Å². The van der Waals surface area contributed by atoms with Crippen LogP contribution >= 0.6 is 0 Å². The fourth-order valence-corrected chi connectivity index (χ4v) is 3.32. The van der Waals surface area contributed by atoms with E-state index in [1.54, 1.807) is 6.20 Å². The monoisotopic (exact) mass is 340 g/mol. The summed E-state index contributed by atoms with van der Waals surface area (Å²) in [5, 5.41) is 7.39. The number of nitrogens with one attached hydrogen (secondary N) is 1.